The lowest BCUT2D eigenvalue weighted by Gasteiger charge is -2.50. The summed E-state index contributed by atoms with van der Waals surface area (Å²) in [5.74, 6) is -81.0. The van der Waals surface area contributed by atoms with Crippen LogP contribution >= 0.6 is 0 Å². The molecule has 2 atom stereocenters. The van der Waals surface area contributed by atoms with Crippen LogP contribution in [0, 0.1) is 64.0 Å². The quantitative estimate of drug-likeness (QED) is 0.147. The summed E-state index contributed by atoms with van der Waals surface area (Å²) in [7, 11) is 0. The first-order valence-electron chi connectivity index (χ1n) is 11.5. The highest BCUT2D eigenvalue weighted by molar-refractivity contribution is 6.08. The van der Waals surface area contributed by atoms with E-state index in [4.69, 9.17) is 0 Å². The molecule has 0 radical (unpaired) electrons. The van der Waals surface area contributed by atoms with Crippen LogP contribution in [0.25, 0.3) is 10.8 Å². The van der Waals surface area contributed by atoms with E-state index >= 15 is 22.0 Å². The molecule has 0 N–H and O–H groups in total. The molecule has 3 aromatic carbocycles. The average molecular weight is 760 g/mol. The van der Waals surface area contributed by atoms with Gasteiger partial charge in [-0.2, -0.15) is 48.3 Å². The van der Waals surface area contributed by atoms with Crippen molar-refractivity contribution in [3.8, 4) is 0 Å². The van der Waals surface area contributed by atoms with Crippen molar-refractivity contribution in [3.05, 3.63) is 80.7 Å². The Morgan fingerprint density at radius 1 is 0.408 bits per heavy atom. The van der Waals surface area contributed by atoms with Crippen LogP contribution in [0.1, 0.15) is 21.5 Å². The molecule has 4 rings (SSSR count). The van der Waals surface area contributed by atoms with Crippen LogP contribution in [-0.4, -0.2) is 41.3 Å². The zero-order valence-electron chi connectivity index (χ0n) is 21.5. The second-order valence-electron chi connectivity index (χ2n) is 9.77. The minimum absolute atomic E-state index is 3.22. The fourth-order valence-corrected chi connectivity index (χ4v) is 4.91. The van der Waals surface area contributed by atoms with E-state index in [9.17, 15) is 88.2 Å². The monoisotopic (exact) mass is 760 g/mol. The highest BCUT2D eigenvalue weighted by Gasteiger charge is 2.95. The lowest BCUT2D eigenvalue weighted by Crippen LogP contribution is -2.78. The van der Waals surface area contributed by atoms with Crippen LogP contribution in [-0.2, 0) is 5.67 Å². The average Bonchev–Trinajstić information content (AvgIpc) is 2.99. The molecule has 0 amide bonds. The Labute approximate surface area is 249 Å². The lowest BCUT2D eigenvalue weighted by atomic mass is 9.62. The van der Waals surface area contributed by atoms with Crippen molar-refractivity contribution >= 4 is 16.6 Å². The Morgan fingerprint density at radius 2 is 0.755 bits per heavy atom. The van der Waals surface area contributed by atoms with Gasteiger partial charge in [-0.05, 0) is 0 Å². The number of rotatable bonds is 4. The van der Waals surface area contributed by atoms with Gasteiger partial charge in [0.15, 0.2) is 64.0 Å². The second-order valence-corrected chi connectivity index (χ2v) is 9.77. The van der Waals surface area contributed by atoms with Gasteiger partial charge in [0.2, 0.25) is 11.5 Å². The third kappa shape index (κ3) is 3.94. The molecular weight excluding hydrogens is 760 g/mol. The van der Waals surface area contributed by atoms with E-state index in [1.165, 1.54) is 0 Å². The molecule has 0 spiro atoms. The molecule has 0 aromatic heterocycles. The maximum absolute atomic E-state index is 16.9. The molecule has 1 nitrogen and oxygen atoms in total. The first-order valence-corrected chi connectivity index (χ1v) is 11.5. The lowest BCUT2D eigenvalue weighted by molar-refractivity contribution is -0.421. The molecule has 49 heavy (non-hydrogen) atoms. The van der Waals surface area contributed by atoms with Crippen molar-refractivity contribution in [1.29, 1.82) is 0 Å². The molecule has 25 heteroatoms. The third-order valence-electron chi connectivity index (χ3n) is 7.28. The number of fused-ring (bicyclic) bond motifs is 2. The van der Waals surface area contributed by atoms with Crippen LogP contribution in [0.5, 0.6) is 0 Å². The van der Waals surface area contributed by atoms with Gasteiger partial charge in [-0.25, -0.2) is 57.1 Å². The number of halogens is 24. The summed E-state index contributed by atoms with van der Waals surface area (Å²) < 4.78 is 348. The highest BCUT2D eigenvalue weighted by atomic mass is 19.4. The number of carbonyl (C=O) groups excluding carboxylic acids is 1. The van der Waals surface area contributed by atoms with Gasteiger partial charge < -0.3 is 0 Å². The molecule has 1 aliphatic rings. The Bertz CT molecular complexity index is 1970. The molecule has 0 bridgehead atoms. The van der Waals surface area contributed by atoms with E-state index < -0.39 is 138 Å². The maximum atomic E-state index is 16.9. The maximum Gasteiger partial charge on any atom is 0.460 e. The molecule has 3 aromatic rings. The van der Waals surface area contributed by atoms with Gasteiger partial charge in [0.1, 0.15) is 0 Å². The van der Waals surface area contributed by atoms with E-state index in [1.54, 1.807) is 0 Å². The van der Waals surface area contributed by atoms with Gasteiger partial charge in [0.25, 0.3) is 0 Å². The number of hydrogen-bond acceptors (Lipinski definition) is 1. The van der Waals surface area contributed by atoms with Gasteiger partial charge in [0.05, 0.1) is 22.1 Å². The Morgan fingerprint density at radius 3 is 1.18 bits per heavy atom. The first-order chi connectivity index (χ1) is 21.8. The minimum Gasteiger partial charge on any atom is -0.290 e. The SMILES string of the molecule is O=C1c2c(F)c(F)c(F)c(F)c2C(F)(c2c(F)c(F)c(F)c3c(F)c(F)c(F)c(F)c23)C(F)(F)C1(F)C(F)(F)C(F)(F)C(F)(F)C(F)(F)F. The number of carbonyl (C=O) groups is 1. The number of Topliss-reactive ketones (excluding diaryl/α,β-unsaturated/α-hetero) is 1. The fourth-order valence-electron chi connectivity index (χ4n) is 4.91. The highest BCUT2D eigenvalue weighted by Crippen LogP contribution is 2.68. The van der Waals surface area contributed by atoms with Crippen LogP contribution in [0.2, 0.25) is 0 Å². The molecule has 0 saturated heterocycles. The Kier molecular flexibility index (Phi) is 7.87. The van der Waals surface area contributed by atoms with E-state index in [-0.39, 0.29) is 0 Å². The summed E-state index contributed by atoms with van der Waals surface area (Å²) in [6.07, 6.45) is -8.11. The zero-order valence-corrected chi connectivity index (χ0v) is 21.5. The fraction of sp³-hybridized carbons (Fsp3) is 0.292. The summed E-state index contributed by atoms with van der Waals surface area (Å²) >= 11 is 0. The molecule has 1 aliphatic carbocycles. The van der Waals surface area contributed by atoms with E-state index in [2.05, 4.69) is 0 Å². The summed E-state index contributed by atoms with van der Waals surface area (Å²) in [6, 6.07) is 0. The Balaban J connectivity index is 2.45. The topological polar surface area (TPSA) is 17.1 Å². The second kappa shape index (κ2) is 10.2. The molecule has 0 saturated carbocycles. The molecule has 2 unspecified atom stereocenters. The smallest absolute Gasteiger partial charge is 0.290 e. The van der Waals surface area contributed by atoms with Gasteiger partial charge >= 0.3 is 35.5 Å². The number of benzene rings is 3. The van der Waals surface area contributed by atoms with Crippen LogP contribution in [0.3, 0.4) is 0 Å². The molecule has 270 valence electrons. The number of hydrogen-bond donors (Lipinski definition) is 0. The predicted octanol–water partition coefficient (Wildman–Crippen LogP) is 9.59. The summed E-state index contributed by atoms with van der Waals surface area (Å²) in [6.45, 7) is 0. The van der Waals surface area contributed by atoms with Crippen molar-refractivity contribution in [2.24, 2.45) is 0 Å². The van der Waals surface area contributed by atoms with Gasteiger partial charge in [-0.3, -0.25) is 4.79 Å². The van der Waals surface area contributed by atoms with E-state index in [0.29, 0.717) is 0 Å². The van der Waals surface area contributed by atoms with Gasteiger partial charge in [-0.1, -0.05) is 0 Å². The largest absolute Gasteiger partial charge is 0.460 e. The number of alkyl halides is 13. The van der Waals surface area contributed by atoms with Crippen LogP contribution < -0.4 is 0 Å². The van der Waals surface area contributed by atoms with Crippen LogP contribution in [0.4, 0.5) is 105 Å². The van der Waals surface area contributed by atoms with Crippen molar-refractivity contribution in [2.45, 2.75) is 41.2 Å². The van der Waals surface area contributed by atoms with Crippen molar-refractivity contribution in [3.63, 3.8) is 0 Å². The third-order valence-corrected chi connectivity index (χ3v) is 7.28. The standard InChI is InChI=1S/C24F24O/c25-6-1-2(8(27)14(33)13(6)32)7(26)12(31)10(29)4(1)18(36)5-3(9(28)15(34)16(35)11(5)30)17(49)19(37,20(18,38)39)21(40,41)22(42,43)23(44,45)24(46,47)48. The first kappa shape index (κ1) is 37.7. The van der Waals surface area contributed by atoms with E-state index in [0.717, 1.165) is 0 Å². The molecule has 0 aliphatic heterocycles. The Hall–Kier alpha value is -4.09. The van der Waals surface area contributed by atoms with Crippen molar-refractivity contribution < 1.29 is 110 Å². The van der Waals surface area contributed by atoms with Crippen molar-refractivity contribution in [2.75, 3.05) is 0 Å². The zero-order chi connectivity index (χ0) is 38.3. The molecule has 0 fully saturated rings. The van der Waals surface area contributed by atoms with Crippen LogP contribution in [0.15, 0.2) is 0 Å². The minimum atomic E-state index is -8.96. The normalized spacial score (nSPS) is 21.8. The summed E-state index contributed by atoms with van der Waals surface area (Å²) in [4.78, 5) is 12.5. The van der Waals surface area contributed by atoms with Gasteiger partial charge in [0, 0.05) is 5.39 Å². The van der Waals surface area contributed by atoms with Crippen molar-refractivity contribution in [1.82, 2.24) is 0 Å². The number of ketones is 1. The molecular formula is C24F24O. The molecule has 0 heterocycles. The summed E-state index contributed by atoms with van der Waals surface area (Å²) in [5.41, 5.74) is -28.3. The summed E-state index contributed by atoms with van der Waals surface area (Å²) in [5, 5.41) is -6.75. The van der Waals surface area contributed by atoms with Gasteiger partial charge in [-0.15, -0.1) is 0 Å². The predicted molar refractivity (Wildman–Crippen MR) is 106 cm³/mol. The van der Waals surface area contributed by atoms with E-state index in [1.807, 2.05) is 0 Å².